The highest BCUT2D eigenvalue weighted by Crippen LogP contribution is 2.32. The molecular weight excluding hydrogens is 354 g/mol. The molecule has 1 fully saturated rings. The molecule has 1 heterocycles. The highest BCUT2D eigenvalue weighted by Gasteiger charge is 2.35. The van der Waals surface area contributed by atoms with Crippen LogP contribution in [0.2, 0.25) is 0 Å². The van der Waals surface area contributed by atoms with E-state index in [1.807, 2.05) is 6.92 Å². The largest absolute Gasteiger partial charge is 0.465 e. The van der Waals surface area contributed by atoms with Crippen molar-refractivity contribution in [3.05, 3.63) is 35.1 Å². The highest BCUT2D eigenvalue weighted by atomic mass is 19.4. The molecule has 8 heteroatoms. The topological polar surface area (TPSA) is 46.6 Å². The number of hydrogen-bond acceptors (Lipinski definition) is 3. The molecule has 0 aromatic heterocycles. The number of hydrogen-bond donors (Lipinski definition) is 0. The summed E-state index contributed by atoms with van der Waals surface area (Å²) in [5, 5.41) is 0. The van der Waals surface area contributed by atoms with Gasteiger partial charge in [0.25, 0.3) is 5.91 Å². The number of rotatable bonds is 5. The summed E-state index contributed by atoms with van der Waals surface area (Å²) in [7, 11) is 0. The number of benzene rings is 1. The molecule has 144 valence electrons. The van der Waals surface area contributed by atoms with Gasteiger partial charge >= 0.3 is 12.1 Å². The molecule has 0 radical (unpaired) electrons. The van der Waals surface area contributed by atoms with E-state index in [4.69, 9.17) is 4.74 Å². The Bertz CT molecular complexity index is 652. The molecule has 0 atom stereocenters. The van der Waals surface area contributed by atoms with Gasteiger partial charge in [-0.25, -0.2) is 4.39 Å². The van der Waals surface area contributed by atoms with Crippen LogP contribution in [0.1, 0.15) is 48.5 Å². The zero-order chi connectivity index (χ0) is 19.3. The van der Waals surface area contributed by atoms with Gasteiger partial charge in [0.05, 0.1) is 18.1 Å². The number of ether oxygens (including phenoxy) is 1. The van der Waals surface area contributed by atoms with Crippen molar-refractivity contribution in [2.45, 2.75) is 38.8 Å². The Morgan fingerprint density at radius 1 is 1.23 bits per heavy atom. The summed E-state index contributed by atoms with van der Waals surface area (Å²) >= 11 is 0. The highest BCUT2D eigenvalue weighted by molar-refractivity contribution is 5.94. The molecular formula is C18H21F4NO3. The van der Waals surface area contributed by atoms with Gasteiger partial charge in [-0.2, -0.15) is 13.2 Å². The third-order valence-electron chi connectivity index (χ3n) is 4.38. The summed E-state index contributed by atoms with van der Waals surface area (Å²) in [5.74, 6) is -2.60. The van der Waals surface area contributed by atoms with Crippen molar-refractivity contribution in [3.63, 3.8) is 0 Å². The van der Waals surface area contributed by atoms with Crippen molar-refractivity contribution in [2.75, 3.05) is 19.7 Å². The summed E-state index contributed by atoms with van der Waals surface area (Å²) in [5.41, 5.74) is -1.54. The van der Waals surface area contributed by atoms with Crippen molar-refractivity contribution in [2.24, 2.45) is 5.92 Å². The first kappa shape index (κ1) is 20.2. The van der Waals surface area contributed by atoms with Gasteiger partial charge in [0, 0.05) is 18.7 Å². The van der Waals surface area contributed by atoms with Gasteiger partial charge in [0.1, 0.15) is 5.82 Å². The van der Waals surface area contributed by atoms with Crippen LogP contribution in [0.25, 0.3) is 0 Å². The first-order valence-corrected chi connectivity index (χ1v) is 8.56. The summed E-state index contributed by atoms with van der Waals surface area (Å²) in [4.78, 5) is 25.7. The Kier molecular flexibility index (Phi) is 6.61. The van der Waals surface area contributed by atoms with Crippen LogP contribution < -0.4 is 0 Å². The number of carbonyl (C=O) groups is 2. The van der Waals surface area contributed by atoms with Crippen molar-refractivity contribution < 1.29 is 31.9 Å². The Morgan fingerprint density at radius 3 is 2.42 bits per heavy atom. The van der Waals surface area contributed by atoms with E-state index in [-0.39, 0.29) is 30.5 Å². The second-order valence-corrected chi connectivity index (χ2v) is 6.28. The van der Waals surface area contributed by atoms with E-state index in [1.165, 1.54) is 4.90 Å². The molecule has 0 unspecified atom stereocenters. The van der Waals surface area contributed by atoms with E-state index < -0.39 is 23.5 Å². The lowest BCUT2D eigenvalue weighted by Crippen LogP contribution is -2.40. The summed E-state index contributed by atoms with van der Waals surface area (Å²) < 4.78 is 56.6. The SMILES string of the molecule is CCCCOC(=O)C1CCN(C(=O)c2ccc(C(F)(F)F)c(F)c2)CC1. The minimum absolute atomic E-state index is 0.139. The minimum atomic E-state index is -4.80. The normalized spacial score (nSPS) is 15.8. The fourth-order valence-electron chi connectivity index (χ4n) is 2.81. The van der Waals surface area contributed by atoms with E-state index >= 15 is 0 Å². The molecule has 0 spiro atoms. The quantitative estimate of drug-likeness (QED) is 0.443. The maximum Gasteiger partial charge on any atom is 0.419 e. The standard InChI is InChI=1S/C18H21F4NO3/c1-2-3-10-26-17(25)12-6-8-23(9-7-12)16(24)13-4-5-14(15(19)11-13)18(20,21)22/h4-5,11-12H,2-3,6-10H2,1H3. The van der Waals surface area contributed by atoms with Crippen LogP contribution >= 0.6 is 0 Å². The fourth-order valence-corrected chi connectivity index (χ4v) is 2.81. The molecule has 1 aliphatic heterocycles. The molecule has 26 heavy (non-hydrogen) atoms. The molecule has 1 aromatic rings. The second-order valence-electron chi connectivity index (χ2n) is 6.28. The van der Waals surface area contributed by atoms with Crippen molar-refractivity contribution in [1.82, 2.24) is 4.90 Å². The van der Waals surface area contributed by atoms with Gasteiger partial charge in [0.15, 0.2) is 0 Å². The number of alkyl halides is 3. The minimum Gasteiger partial charge on any atom is -0.465 e. The zero-order valence-electron chi connectivity index (χ0n) is 14.4. The maximum absolute atomic E-state index is 13.6. The van der Waals surface area contributed by atoms with E-state index in [1.54, 1.807) is 0 Å². The third kappa shape index (κ3) is 4.95. The number of halogens is 4. The number of nitrogens with zero attached hydrogens (tertiary/aromatic N) is 1. The maximum atomic E-state index is 13.6. The molecule has 1 saturated heterocycles. The molecule has 0 saturated carbocycles. The smallest absolute Gasteiger partial charge is 0.419 e. The van der Waals surface area contributed by atoms with Crippen LogP contribution in [0.4, 0.5) is 17.6 Å². The summed E-state index contributed by atoms with van der Waals surface area (Å²) in [6, 6.07) is 2.15. The molecule has 2 rings (SSSR count). The molecule has 1 amide bonds. The van der Waals surface area contributed by atoms with E-state index in [9.17, 15) is 27.2 Å². The van der Waals surface area contributed by atoms with Crippen LogP contribution in [0.3, 0.4) is 0 Å². The Labute approximate surface area is 149 Å². The number of piperidine rings is 1. The van der Waals surface area contributed by atoms with Gasteiger partial charge in [-0.3, -0.25) is 9.59 Å². The van der Waals surface area contributed by atoms with Gasteiger partial charge in [0.2, 0.25) is 0 Å². The Morgan fingerprint density at radius 2 is 1.88 bits per heavy atom. The van der Waals surface area contributed by atoms with Crippen LogP contribution in [0.5, 0.6) is 0 Å². The average molecular weight is 375 g/mol. The molecule has 1 aliphatic rings. The molecule has 4 nitrogen and oxygen atoms in total. The van der Waals surface area contributed by atoms with Crippen LogP contribution in [0.15, 0.2) is 18.2 Å². The van der Waals surface area contributed by atoms with Crippen LogP contribution in [-0.4, -0.2) is 36.5 Å². The molecule has 0 aliphatic carbocycles. The van der Waals surface area contributed by atoms with Crippen LogP contribution in [0, 0.1) is 11.7 Å². The lowest BCUT2D eigenvalue weighted by atomic mass is 9.96. The van der Waals surface area contributed by atoms with Gasteiger partial charge in [-0.05, 0) is 37.5 Å². The number of carbonyl (C=O) groups excluding carboxylic acids is 2. The Balaban J connectivity index is 1.94. The van der Waals surface area contributed by atoms with E-state index in [2.05, 4.69) is 0 Å². The first-order chi connectivity index (χ1) is 12.2. The number of unbranched alkanes of at least 4 members (excludes halogenated alkanes) is 1. The lowest BCUT2D eigenvalue weighted by Gasteiger charge is -2.31. The van der Waals surface area contributed by atoms with Gasteiger partial charge < -0.3 is 9.64 Å². The third-order valence-corrected chi connectivity index (χ3v) is 4.38. The molecule has 1 aromatic carbocycles. The number of amides is 1. The predicted octanol–water partition coefficient (Wildman–Crippen LogP) is 4.04. The van der Waals surface area contributed by atoms with Crippen molar-refractivity contribution in [1.29, 1.82) is 0 Å². The van der Waals surface area contributed by atoms with Gasteiger partial charge in [-0.15, -0.1) is 0 Å². The van der Waals surface area contributed by atoms with Crippen molar-refractivity contribution >= 4 is 11.9 Å². The Hall–Kier alpha value is -2.12. The monoisotopic (exact) mass is 375 g/mol. The van der Waals surface area contributed by atoms with E-state index in [0.29, 0.717) is 31.6 Å². The average Bonchev–Trinajstić information content (AvgIpc) is 2.60. The summed E-state index contributed by atoms with van der Waals surface area (Å²) in [6.07, 6.45) is -2.26. The second kappa shape index (κ2) is 8.51. The lowest BCUT2D eigenvalue weighted by molar-refractivity contribution is -0.150. The van der Waals surface area contributed by atoms with E-state index in [0.717, 1.165) is 18.9 Å². The van der Waals surface area contributed by atoms with Crippen LogP contribution in [-0.2, 0) is 15.7 Å². The fraction of sp³-hybridized carbons (Fsp3) is 0.556. The summed E-state index contributed by atoms with van der Waals surface area (Å²) in [6.45, 7) is 2.91. The number of esters is 1. The first-order valence-electron chi connectivity index (χ1n) is 8.56. The van der Waals surface area contributed by atoms with Crippen molar-refractivity contribution in [3.8, 4) is 0 Å². The van der Waals surface area contributed by atoms with Gasteiger partial charge in [-0.1, -0.05) is 13.3 Å². The molecule has 0 N–H and O–H groups in total. The zero-order valence-corrected chi connectivity index (χ0v) is 14.4. The predicted molar refractivity (Wildman–Crippen MR) is 85.9 cm³/mol. The number of likely N-dealkylation sites (tertiary alicyclic amines) is 1. The molecule has 0 bridgehead atoms.